The molecule has 0 aromatic heterocycles. The average molecular weight is 173 g/mol. The van der Waals surface area contributed by atoms with Gasteiger partial charge in [-0.1, -0.05) is 37.8 Å². The van der Waals surface area contributed by atoms with E-state index >= 15 is 0 Å². The molecule has 0 fully saturated rings. The van der Waals surface area contributed by atoms with Crippen LogP contribution in [0.3, 0.4) is 0 Å². The van der Waals surface area contributed by atoms with Crippen LogP contribution in [0, 0.1) is 0 Å². The summed E-state index contributed by atoms with van der Waals surface area (Å²) in [6.07, 6.45) is 4.68. The Morgan fingerprint density at radius 1 is 1.46 bits per heavy atom. The second-order valence-corrected chi connectivity index (χ2v) is 2.80. The lowest BCUT2D eigenvalue weighted by Crippen LogP contribution is -1.84. The van der Waals surface area contributed by atoms with Gasteiger partial charge in [-0.2, -0.15) is 0 Å². The summed E-state index contributed by atoms with van der Waals surface area (Å²) in [5.74, 6) is 0. The molecule has 0 aliphatic rings. The molecule has 0 radical (unpaired) electrons. The highest BCUT2D eigenvalue weighted by molar-refractivity contribution is 5.71. The zero-order valence-corrected chi connectivity index (χ0v) is 8.25. The summed E-state index contributed by atoms with van der Waals surface area (Å²) in [7, 11) is 0. The Kier molecular flexibility index (Phi) is 3.44. The third-order valence-electron chi connectivity index (χ3n) is 2.01. The molecule has 0 N–H and O–H groups in total. The van der Waals surface area contributed by atoms with Crippen LogP contribution in [0.4, 0.5) is 5.69 Å². The number of aryl methyl sites for hydroxylation is 1. The minimum Gasteiger partial charge on any atom is -0.261 e. The zero-order valence-electron chi connectivity index (χ0n) is 8.25. The van der Waals surface area contributed by atoms with Crippen LogP contribution in [0.5, 0.6) is 0 Å². The molecular formula is C12H15N. The van der Waals surface area contributed by atoms with E-state index in [1.54, 1.807) is 0 Å². The molecule has 0 spiro atoms. The third-order valence-corrected chi connectivity index (χ3v) is 2.01. The fraction of sp³-hybridized carbons (Fsp3) is 0.250. The van der Waals surface area contributed by atoms with Gasteiger partial charge in [0.15, 0.2) is 0 Å². The molecular weight excluding hydrogens is 158 g/mol. The number of para-hydroxylation sites is 1. The van der Waals surface area contributed by atoms with Crippen LogP contribution in [0.25, 0.3) is 6.08 Å². The molecule has 0 heterocycles. The minimum atomic E-state index is 1.01. The largest absolute Gasteiger partial charge is 0.261 e. The van der Waals surface area contributed by atoms with Crippen molar-refractivity contribution in [3.8, 4) is 0 Å². The summed E-state index contributed by atoms with van der Waals surface area (Å²) in [6.45, 7) is 7.84. The maximum atomic E-state index is 4.35. The Labute approximate surface area is 79.8 Å². The highest BCUT2D eigenvalue weighted by Crippen LogP contribution is 2.25. The van der Waals surface area contributed by atoms with Crippen LogP contribution in [-0.4, -0.2) is 6.21 Å². The van der Waals surface area contributed by atoms with Crippen molar-refractivity contribution in [3.05, 3.63) is 35.9 Å². The van der Waals surface area contributed by atoms with Crippen LogP contribution in [0.2, 0.25) is 0 Å². The molecule has 0 unspecified atom stereocenters. The van der Waals surface area contributed by atoms with Crippen LogP contribution in [0.1, 0.15) is 25.0 Å². The molecule has 1 aromatic carbocycles. The van der Waals surface area contributed by atoms with Crippen molar-refractivity contribution >= 4 is 18.0 Å². The van der Waals surface area contributed by atoms with Gasteiger partial charge in [0.05, 0.1) is 5.69 Å². The van der Waals surface area contributed by atoms with Crippen molar-refractivity contribution in [2.45, 2.75) is 20.3 Å². The Balaban J connectivity index is 3.28. The van der Waals surface area contributed by atoms with Crippen molar-refractivity contribution < 1.29 is 0 Å². The molecule has 13 heavy (non-hydrogen) atoms. The van der Waals surface area contributed by atoms with Crippen molar-refractivity contribution in [1.82, 2.24) is 0 Å². The lowest BCUT2D eigenvalue weighted by atomic mass is 10.1. The van der Waals surface area contributed by atoms with E-state index in [0.717, 1.165) is 17.7 Å². The van der Waals surface area contributed by atoms with Gasteiger partial charge in [-0.15, -0.1) is 0 Å². The van der Waals surface area contributed by atoms with E-state index in [1.807, 2.05) is 31.3 Å². The smallest absolute Gasteiger partial charge is 0.0729 e. The number of aliphatic imine (C=N–C) groups is 1. The standard InChI is InChI=1S/C12H15N/c1-4-10-8-7-9-11(5-2)12(10)13-6-3/h4,6-9H,1,5H2,2-3H3. The van der Waals surface area contributed by atoms with E-state index in [0.29, 0.717) is 0 Å². The monoisotopic (exact) mass is 173 g/mol. The fourth-order valence-corrected chi connectivity index (χ4v) is 1.35. The van der Waals surface area contributed by atoms with E-state index in [-0.39, 0.29) is 0 Å². The van der Waals surface area contributed by atoms with Gasteiger partial charge in [-0.3, -0.25) is 4.99 Å². The molecule has 1 rings (SSSR count). The van der Waals surface area contributed by atoms with Crippen LogP contribution in [0.15, 0.2) is 29.8 Å². The first kappa shape index (κ1) is 9.72. The van der Waals surface area contributed by atoms with Crippen molar-refractivity contribution in [2.24, 2.45) is 4.99 Å². The summed E-state index contributed by atoms with van der Waals surface area (Å²) in [6, 6.07) is 6.19. The van der Waals surface area contributed by atoms with Gasteiger partial charge in [-0.05, 0) is 24.5 Å². The van der Waals surface area contributed by atoms with Crippen LogP contribution in [-0.2, 0) is 6.42 Å². The number of benzene rings is 1. The van der Waals surface area contributed by atoms with Gasteiger partial charge in [0.25, 0.3) is 0 Å². The Morgan fingerprint density at radius 2 is 2.23 bits per heavy atom. The van der Waals surface area contributed by atoms with E-state index in [1.165, 1.54) is 5.56 Å². The van der Waals surface area contributed by atoms with Gasteiger partial charge < -0.3 is 0 Å². The molecule has 68 valence electrons. The second kappa shape index (κ2) is 4.61. The highest BCUT2D eigenvalue weighted by Gasteiger charge is 2.01. The number of rotatable bonds is 3. The molecule has 1 nitrogen and oxygen atoms in total. The van der Waals surface area contributed by atoms with Crippen molar-refractivity contribution in [2.75, 3.05) is 0 Å². The first-order valence-corrected chi connectivity index (χ1v) is 4.56. The highest BCUT2D eigenvalue weighted by atomic mass is 14.7. The topological polar surface area (TPSA) is 12.4 Å². The van der Waals surface area contributed by atoms with E-state index in [2.05, 4.69) is 24.6 Å². The summed E-state index contributed by atoms with van der Waals surface area (Å²) >= 11 is 0. The number of hydrogen-bond donors (Lipinski definition) is 0. The average Bonchev–Trinajstić information content (AvgIpc) is 2.18. The third kappa shape index (κ3) is 2.05. The predicted octanol–water partition coefficient (Wildman–Crippen LogP) is 3.61. The van der Waals surface area contributed by atoms with Crippen LogP contribution >= 0.6 is 0 Å². The van der Waals surface area contributed by atoms with E-state index in [9.17, 15) is 0 Å². The Hall–Kier alpha value is -1.37. The molecule has 0 aliphatic heterocycles. The molecule has 0 atom stereocenters. The Morgan fingerprint density at radius 3 is 2.77 bits per heavy atom. The maximum absolute atomic E-state index is 4.35. The quantitative estimate of drug-likeness (QED) is 0.619. The predicted molar refractivity (Wildman–Crippen MR) is 59.7 cm³/mol. The molecule has 0 saturated heterocycles. The summed E-state index contributed by atoms with van der Waals surface area (Å²) < 4.78 is 0. The fourth-order valence-electron chi connectivity index (χ4n) is 1.35. The molecule has 0 saturated carbocycles. The molecule has 1 heteroatoms. The van der Waals surface area contributed by atoms with Gasteiger partial charge in [-0.25, -0.2) is 0 Å². The second-order valence-electron chi connectivity index (χ2n) is 2.80. The first-order valence-electron chi connectivity index (χ1n) is 4.56. The molecule has 0 amide bonds. The number of hydrogen-bond acceptors (Lipinski definition) is 1. The number of nitrogens with zero attached hydrogens (tertiary/aromatic N) is 1. The lowest BCUT2D eigenvalue weighted by molar-refractivity contribution is 1.13. The Bertz CT molecular complexity index is 324. The minimum absolute atomic E-state index is 1.01. The SMILES string of the molecule is C=Cc1cccc(CC)c1N=CC. The molecule has 0 bridgehead atoms. The molecule has 1 aromatic rings. The van der Waals surface area contributed by atoms with Gasteiger partial charge in [0, 0.05) is 6.21 Å². The van der Waals surface area contributed by atoms with Gasteiger partial charge in [0.2, 0.25) is 0 Å². The van der Waals surface area contributed by atoms with E-state index < -0.39 is 0 Å². The molecule has 0 aliphatic carbocycles. The van der Waals surface area contributed by atoms with Gasteiger partial charge >= 0.3 is 0 Å². The summed E-state index contributed by atoms with van der Waals surface area (Å²) in [4.78, 5) is 4.35. The summed E-state index contributed by atoms with van der Waals surface area (Å²) in [5, 5.41) is 0. The summed E-state index contributed by atoms with van der Waals surface area (Å²) in [5.41, 5.74) is 3.44. The normalized spacial score (nSPS) is 10.6. The zero-order chi connectivity index (χ0) is 9.68. The van der Waals surface area contributed by atoms with Crippen molar-refractivity contribution in [1.29, 1.82) is 0 Å². The van der Waals surface area contributed by atoms with Crippen LogP contribution < -0.4 is 0 Å². The maximum Gasteiger partial charge on any atom is 0.0729 e. The first-order chi connectivity index (χ1) is 6.33. The van der Waals surface area contributed by atoms with Gasteiger partial charge in [0.1, 0.15) is 0 Å². The van der Waals surface area contributed by atoms with Crippen molar-refractivity contribution in [3.63, 3.8) is 0 Å². The van der Waals surface area contributed by atoms with E-state index in [4.69, 9.17) is 0 Å². The lowest BCUT2D eigenvalue weighted by Gasteiger charge is -2.05.